The Hall–Kier alpha value is -0.803. The van der Waals surface area contributed by atoms with E-state index in [9.17, 15) is 0 Å². The molecular formula is C13H23NOSi. The molecule has 0 heterocycles. The van der Waals surface area contributed by atoms with Crippen LogP contribution in [-0.2, 0) is 4.43 Å². The first-order valence-electron chi connectivity index (χ1n) is 5.81. The van der Waals surface area contributed by atoms with Crippen molar-refractivity contribution in [3.8, 4) is 0 Å². The molecule has 0 aliphatic heterocycles. The van der Waals surface area contributed by atoms with Crippen LogP contribution in [0.4, 0.5) is 5.69 Å². The summed E-state index contributed by atoms with van der Waals surface area (Å²) in [7, 11) is -1.04. The monoisotopic (exact) mass is 237 g/mol. The Morgan fingerprint density at radius 1 is 1.12 bits per heavy atom. The van der Waals surface area contributed by atoms with Gasteiger partial charge in [-0.15, -0.1) is 0 Å². The van der Waals surface area contributed by atoms with E-state index in [2.05, 4.69) is 46.0 Å². The van der Waals surface area contributed by atoms with Gasteiger partial charge in [0, 0.05) is 5.69 Å². The Morgan fingerprint density at radius 2 is 1.62 bits per heavy atom. The van der Waals surface area contributed by atoms with Crippen molar-refractivity contribution in [2.75, 3.05) is 5.73 Å². The molecule has 1 aromatic carbocycles. The van der Waals surface area contributed by atoms with E-state index in [0.29, 0.717) is 0 Å². The average molecular weight is 237 g/mol. The highest BCUT2D eigenvalue weighted by Gasteiger charge is 2.27. The molecule has 1 rings (SSSR count). The molecule has 90 valence electrons. The van der Waals surface area contributed by atoms with Gasteiger partial charge in [-0.25, -0.2) is 0 Å². The molecule has 2 N–H and O–H groups in total. The lowest BCUT2D eigenvalue weighted by atomic mass is 9.85. The first-order valence-corrected chi connectivity index (χ1v) is 8.59. The third-order valence-electron chi connectivity index (χ3n) is 2.43. The minimum absolute atomic E-state index is 0.118. The van der Waals surface area contributed by atoms with E-state index in [-0.39, 0.29) is 11.5 Å². The maximum absolute atomic E-state index is 6.14. The highest BCUT2D eigenvalue weighted by molar-refractivity contribution is 6.48. The lowest BCUT2D eigenvalue weighted by Gasteiger charge is -2.33. The zero-order valence-electron chi connectivity index (χ0n) is 10.9. The molecule has 0 aliphatic carbocycles. The molecule has 1 unspecified atom stereocenters. The second kappa shape index (κ2) is 5.02. The van der Waals surface area contributed by atoms with E-state index < -0.39 is 9.04 Å². The summed E-state index contributed by atoms with van der Waals surface area (Å²) < 4.78 is 6.14. The quantitative estimate of drug-likeness (QED) is 0.646. The minimum Gasteiger partial charge on any atom is -0.413 e. The van der Waals surface area contributed by atoms with Crippen molar-refractivity contribution in [3.05, 3.63) is 29.8 Å². The highest BCUT2D eigenvalue weighted by atomic mass is 28.3. The van der Waals surface area contributed by atoms with Crippen LogP contribution >= 0.6 is 0 Å². The lowest BCUT2D eigenvalue weighted by Crippen LogP contribution is -2.25. The van der Waals surface area contributed by atoms with Crippen LogP contribution in [0.5, 0.6) is 0 Å². The molecule has 0 aliphatic rings. The van der Waals surface area contributed by atoms with Crippen LogP contribution in [0.1, 0.15) is 32.4 Å². The van der Waals surface area contributed by atoms with Gasteiger partial charge in [0.05, 0.1) is 6.10 Å². The third kappa shape index (κ3) is 3.65. The molecule has 0 fully saturated rings. The van der Waals surface area contributed by atoms with Gasteiger partial charge in [0.25, 0.3) is 0 Å². The Morgan fingerprint density at radius 3 is 2.00 bits per heavy atom. The predicted octanol–water partition coefficient (Wildman–Crippen LogP) is 3.36. The fraction of sp³-hybridized carbons (Fsp3) is 0.538. The van der Waals surface area contributed by atoms with Crippen molar-refractivity contribution < 1.29 is 4.43 Å². The molecule has 0 saturated heterocycles. The summed E-state index contributed by atoms with van der Waals surface area (Å²) in [5.41, 5.74) is 7.85. The second-order valence-corrected chi connectivity index (χ2v) is 7.97. The summed E-state index contributed by atoms with van der Waals surface area (Å²) in [6, 6.07) is 8.03. The van der Waals surface area contributed by atoms with Crippen LogP contribution in [0, 0.1) is 5.41 Å². The number of nitrogen functional groups attached to an aromatic ring is 1. The SMILES string of the molecule is C[SiH](C)OC(c1ccc(N)cc1)C(C)(C)C. The molecule has 0 bridgehead atoms. The zero-order valence-corrected chi connectivity index (χ0v) is 12.1. The molecule has 0 radical (unpaired) electrons. The number of benzene rings is 1. The van der Waals surface area contributed by atoms with E-state index >= 15 is 0 Å². The van der Waals surface area contributed by atoms with Crippen molar-refractivity contribution in [2.45, 2.75) is 40.0 Å². The fourth-order valence-electron chi connectivity index (χ4n) is 1.73. The summed E-state index contributed by atoms with van der Waals surface area (Å²) in [6.45, 7) is 11.0. The summed E-state index contributed by atoms with van der Waals surface area (Å²) in [6.07, 6.45) is 0.166. The van der Waals surface area contributed by atoms with Crippen molar-refractivity contribution in [2.24, 2.45) is 5.41 Å². The number of rotatable bonds is 3. The maximum Gasteiger partial charge on any atom is 0.171 e. The summed E-state index contributed by atoms with van der Waals surface area (Å²) in [4.78, 5) is 0. The van der Waals surface area contributed by atoms with Gasteiger partial charge < -0.3 is 10.2 Å². The molecule has 0 aromatic heterocycles. The molecule has 0 amide bonds. The smallest absolute Gasteiger partial charge is 0.171 e. The van der Waals surface area contributed by atoms with Crippen LogP contribution in [0.2, 0.25) is 13.1 Å². The van der Waals surface area contributed by atoms with E-state index in [1.165, 1.54) is 5.56 Å². The predicted molar refractivity (Wildman–Crippen MR) is 73.0 cm³/mol. The van der Waals surface area contributed by atoms with Gasteiger partial charge in [-0.2, -0.15) is 0 Å². The largest absolute Gasteiger partial charge is 0.413 e. The van der Waals surface area contributed by atoms with Gasteiger partial charge in [-0.3, -0.25) is 0 Å². The average Bonchev–Trinajstić information content (AvgIpc) is 2.14. The molecular weight excluding hydrogens is 214 g/mol. The van der Waals surface area contributed by atoms with Crippen molar-refractivity contribution in [1.29, 1.82) is 0 Å². The van der Waals surface area contributed by atoms with Crippen molar-refractivity contribution in [1.82, 2.24) is 0 Å². The minimum atomic E-state index is -1.04. The third-order valence-corrected chi connectivity index (χ3v) is 3.25. The molecule has 0 spiro atoms. The summed E-state index contributed by atoms with van der Waals surface area (Å²) in [5, 5.41) is 0. The van der Waals surface area contributed by atoms with E-state index in [0.717, 1.165) is 5.69 Å². The first kappa shape index (κ1) is 13.3. The molecule has 16 heavy (non-hydrogen) atoms. The second-order valence-electron chi connectivity index (χ2n) is 5.60. The van der Waals surface area contributed by atoms with Crippen LogP contribution in [0.3, 0.4) is 0 Å². The zero-order chi connectivity index (χ0) is 12.3. The van der Waals surface area contributed by atoms with Gasteiger partial charge in [-0.05, 0) is 36.2 Å². The van der Waals surface area contributed by atoms with E-state index in [4.69, 9.17) is 10.2 Å². The first-order chi connectivity index (χ1) is 7.30. The van der Waals surface area contributed by atoms with Crippen molar-refractivity contribution >= 4 is 14.7 Å². The molecule has 1 atom stereocenters. The summed E-state index contributed by atoms with van der Waals surface area (Å²) in [5.74, 6) is 0. The highest BCUT2D eigenvalue weighted by Crippen LogP contribution is 2.36. The van der Waals surface area contributed by atoms with Crippen LogP contribution < -0.4 is 5.73 Å². The fourth-order valence-corrected chi connectivity index (χ4v) is 2.84. The van der Waals surface area contributed by atoms with E-state index in [1.807, 2.05) is 12.1 Å². The lowest BCUT2D eigenvalue weighted by molar-refractivity contribution is 0.0866. The number of anilines is 1. The standard InChI is InChI=1S/C13H23NOSi/c1-13(2,3)12(15-16(4)5)10-6-8-11(14)9-7-10/h6-9,12,16H,14H2,1-5H3. The maximum atomic E-state index is 6.14. The summed E-state index contributed by atoms with van der Waals surface area (Å²) >= 11 is 0. The number of hydrogen-bond donors (Lipinski definition) is 1. The van der Waals surface area contributed by atoms with Crippen LogP contribution in [0.25, 0.3) is 0 Å². The van der Waals surface area contributed by atoms with Crippen molar-refractivity contribution in [3.63, 3.8) is 0 Å². The van der Waals surface area contributed by atoms with Gasteiger partial charge >= 0.3 is 0 Å². The van der Waals surface area contributed by atoms with Gasteiger partial charge in [-0.1, -0.05) is 32.9 Å². The Balaban J connectivity index is 2.97. The Labute approximate surface area is 101 Å². The Bertz CT molecular complexity index is 327. The molecule has 2 nitrogen and oxygen atoms in total. The molecule has 3 heteroatoms. The van der Waals surface area contributed by atoms with Gasteiger partial charge in [0.2, 0.25) is 0 Å². The number of hydrogen-bond acceptors (Lipinski definition) is 2. The Kier molecular flexibility index (Phi) is 4.16. The van der Waals surface area contributed by atoms with E-state index in [1.54, 1.807) is 0 Å². The topological polar surface area (TPSA) is 35.2 Å². The number of nitrogens with two attached hydrogens (primary N) is 1. The van der Waals surface area contributed by atoms with Gasteiger partial charge in [0.1, 0.15) is 0 Å². The van der Waals surface area contributed by atoms with Crippen LogP contribution in [-0.4, -0.2) is 9.04 Å². The molecule has 1 aromatic rings. The molecule has 0 saturated carbocycles. The van der Waals surface area contributed by atoms with Gasteiger partial charge in [0.15, 0.2) is 9.04 Å². The van der Waals surface area contributed by atoms with Crippen LogP contribution in [0.15, 0.2) is 24.3 Å². The normalized spacial score (nSPS) is 14.1.